The summed E-state index contributed by atoms with van der Waals surface area (Å²) < 4.78 is 4.77. The number of hydrogen-bond donors (Lipinski definition) is 4. The van der Waals surface area contributed by atoms with Gasteiger partial charge in [-0.25, -0.2) is 24.7 Å². The Morgan fingerprint density at radius 2 is 0.758 bits per heavy atom. The second kappa shape index (κ2) is 41.0. The Kier molecular flexibility index (Phi) is 28.1. The zero-order chi connectivity index (χ0) is 83.4. The zero-order valence-corrected chi connectivity index (χ0v) is 66.6. The van der Waals surface area contributed by atoms with Gasteiger partial charge in [0, 0.05) is 135 Å². The van der Waals surface area contributed by atoms with Crippen LogP contribution in [0.2, 0.25) is 0 Å². The fourth-order valence-electron chi connectivity index (χ4n) is 13.3. The molecule has 1 aliphatic rings. The summed E-state index contributed by atoms with van der Waals surface area (Å²) in [7, 11) is 1.39. The first kappa shape index (κ1) is 82.3. The monoisotopic (exact) mass is 1590 g/mol. The fourth-order valence-corrected chi connectivity index (χ4v) is 13.3. The second-order valence-electron chi connectivity index (χ2n) is 27.9. The van der Waals surface area contributed by atoms with Crippen LogP contribution in [-0.2, 0) is 49.6 Å². The minimum atomic E-state index is -0.298. The number of aryl methyl sites for hydroxylation is 4. The van der Waals surface area contributed by atoms with Gasteiger partial charge in [-0.1, -0.05) is 78.9 Å². The highest BCUT2D eigenvalue weighted by Crippen LogP contribution is 2.30. The third-order valence-corrected chi connectivity index (χ3v) is 19.3. The Labute approximate surface area is 693 Å². The number of hydrogen-bond acceptors (Lipinski definition) is 21. The fraction of sp³-hybridized carbons (Fsp3) is 0.138. The largest absolute Gasteiger partial charge is 0.453 e. The van der Waals surface area contributed by atoms with Crippen LogP contribution in [0.1, 0.15) is 44.6 Å². The Bertz CT molecular complexity index is 5480. The van der Waals surface area contributed by atoms with Crippen LogP contribution >= 0.6 is 0 Å². The van der Waals surface area contributed by atoms with Gasteiger partial charge in [0.25, 0.3) is 0 Å². The molecule has 16 rings (SSSR count). The van der Waals surface area contributed by atoms with E-state index in [2.05, 4.69) is 96.4 Å². The van der Waals surface area contributed by atoms with Crippen molar-refractivity contribution in [2.45, 2.75) is 53.4 Å². The maximum absolute atomic E-state index is 12.5. The highest BCUT2D eigenvalue weighted by atomic mass is 16.5. The van der Waals surface area contributed by atoms with E-state index in [0.717, 1.165) is 128 Å². The van der Waals surface area contributed by atoms with Gasteiger partial charge in [0.2, 0.25) is 23.6 Å². The summed E-state index contributed by atoms with van der Waals surface area (Å²) >= 11 is 0. The molecule has 0 radical (unpaired) electrons. The van der Waals surface area contributed by atoms with Crippen LogP contribution in [0.15, 0.2) is 299 Å². The van der Waals surface area contributed by atoms with Gasteiger partial charge in [-0.3, -0.25) is 49.1 Å². The van der Waals surface area contributed by atoms with Gasteiger partial charge in [-0.15, -0.1) is 0 Å². The standard InChI is InChI=1S/C25H27N5O3.3C23H19N5O/c1-18-15-21(9-10-26-18)20-5-3-19(4-6-20)16-24(31)28-23-8-7-22(17-27-23)29-11-13-30(14-12-29)25(32)33-2;1-16-12-17(2-4-21(16)18-6-9-24-10-7-18)13-23(29)28-22-5-3-19(14-25-22)20-8-11-26-27-15-20;1-16-12-17(2-4-20(16)18-6-8-24-9-7-18)13-23(29)28-22-5-3-19(14-27-22)21-15-25-10-11-26-21;1-16-13-17(4-6-20(16)18-8-11-24-12-9-18)14-23(29)27-22-7-5-19(15-25-22)21-3-2-10-26-28-21/h3-10,15,17H,11-14,16H2,1-2H3,(H,27,28,31);2-12,14-15H,13H2,1H3,(H,25,28,29);2-12,14-15H,13H2,1H3,(H,27,28,29);2-13,15H,14H2,1H3,(H,25,27,29). The van der Waals surface area contributed by atoms with Gasteiger partial charge in [0.05, 0.1) is 74.7 Å². The van der Waals surface area contributed by atoms with Crippen LogP contribution in [-0.4, -0.2) is 138 Å². The van der Waals surface area contributed by atoms with E-state index >= 15 is 0 Å². The van der Waals surface area contributed by atoms with E-state index in [0.29, 0.717) is 49.5 Å². The number of methoxy groups -OCH3 is 1. The zero-order valence-electron chi connectivity index (χ0n) is 66.6. The van der Waals surface area contributed by atoms with Crippen LogP contribution in [0.3, 0.4) is 0 Å². The number of nitrogens with one attached hydrogen (secondary N) is 4. The molecule has 0 aliphatic carbocycles. The Balaban J connectivity index is 0.000000138. The van der Waals surface area contributed by atoms with Gasteiger partial charge >= 0.3 is 6.09 Å². The number of nitrogens with zero attached hydrogens (tertiary/aromatic N) is 16. The first-order valence-electron chi connectivity index (χ1n) is 38.5. The summed E-state index contributed by atoms with van der Waals surface area (Å²) in [6, 6.07) is 62.3. The molecule has 1 saturated heterocycles. The van der Waals surface area contributed by atoms with E-state index in [9.17, 15) is 24.0 Å². The Hall–Kier alpha value is -15.7. The molecular formula is C94H84N20O6. The molecule has 596 valence electrons. The Morgan fingerprint density at radius 1 is 0.325 bits per heavy atom. The van der Waals surface area contributed by atoms with E-state index in [1.807, 2.05) is 198 Å². The molecule has 0 unspecified atom stereocenters. The summed E-state index contributed by atoms with van der Waals surface area (Å²) in [5.41, 5.74) is 23.0. The van der Waals surface area contributed by atoms with E-state index in [1.165, 1.54) is 7.11 Å². The predicted molar refractivity (Wildman–Crippen MR) is 463 cm³/mol. The first-order chi connectivity index (χ1) is 58.6. The molecule has 1 aliphatic heterocycles. The molecule has 5 amide bonds. The average molecular weight is 1590 g/mol. The van der Waals surface area contributed by atoms with E-state index in [4.69, 9.17) is 4.74 Å². The van der Waals surface area contributed by atoms with Gasteiger partial charge in [0.1, 0.15) is 23.3 Å². The predicted octanol–water partition coefficient (Wildman–Crippen LogP) is 15.8. The number of benzene rings is 4. The number of aromatic nitrogens is 14. The van der Waals surface area contributed by atoms with E-state index < -0.39 is 0 Å². The number of ether oxygens (including phenoxy) is 1. The molecule has 11 aromatic heterocycles. The molecule has 26 heteroatoms. The van der Waals surface area contributed by atoms with Gasteiger partial charge in [-0.2, -0.15) is 20.4 Å². The number of amides is 5. The molecule has 26 nitrogen and oxygen atoms in total. The van der Waals surface area contributed by atoms with Gasteiger partial charge < -0.3 is 35.8 Å². The molecule has 0 atom stereocenters. The molecule has 4 aromatic carbocycles. The third-order valence-electron chi connectivity index (χ3n) is 19.3. The van der Waals surface area contributed by atoms with Crippen molar-refractivity contribution >= 4 is 58.7 Å². The molecular weight excluding hydrogens is 1510 g/mol. The van der Waals surface area contributed by atoms with Crippen molar-refractivity contribution in [3.05, 3.63) is 344 Å². The highest BCUT2D eigenvalue weighted by Gasteiger charge is 2.23. The molecule has 0 bridgehead atoms. The smallest absolute Gasteiger partial charge is 0.409 e. The van der Waals surface area contributed by atoms with Crippen LogP contribution in [0.5, 0.6) is 0 Å². The molecule has 0 saturated carbocycles. The minimum Gasteiger partial charge on any atom is -0.453 e. The lowest BCUT2D eigenvalue weighted by molar-refractivity contribution is -0.116. The SMILES string of the molecule is COC(=O)N1CCN(c2ccc(NC(=O)Cc3ccc(-c4ccnc(C)c4)cc3)nc2)CC1.Cc1cc(CC(=O)Nc2ccc(-c3cccnn3)cn2)ccc1-c1ccncc1.Cc1cc(CC(=O)Nc2ccc(-c3ccnnc3)cn2)ccc1-c1ccncc1.Cc1cc(CC(=O)Nc2ccc(-c3cnccn3)cn2)ccc1-c1ccncc1. The quantitative estimate of drug-likeness (QED) is 0.0551. The molecule has 4 N–H and O–H groups in total. The van der Waals surface area contributed by atoms with Gasteiger partial charge in [-0.05, 0) is 226 Å². The van der Waals surface area contributed by atoms with Crippen LogP contribution in [0.25, 0.3) is 78.1 Å². The van der Waals surface area contributed by atoms with E-state index in [1.54, 1.807) is 135 Å². The normalized spacial score (nSPS) is 11.3. The van der Waals surface area contributed by atoms with Crippen molar-refractivity contribution in [1.82, 2.24) is 75.1 Å². The number of piperazine rings is 1. The number of carbonyl (C=O) groups is 5. The maximum Gasteiger partial charge on any atom is 0.409 e. The molecule has 15 aromatic rings. The highest BCUT2D eigenvalue weighted by molar-refractivity contribution is 5.94. The summed E-state index contributed by atoms with van der Waals surface area (Å²) in [6.45, 7) is 10.7. The lowest BCUT2D eigenvalue weighted by Crippen LogP contribution is -2.48. The van der Waals surface area contributed by atoms with Crippen LogP contribution in [0.4, 0.5) is 33.8 Å². The topological polar surface area (TPSA) is 330 Å². The number of pyridine rings is 8. The lowest BCUT2D eigenvalue weighted by atomic mass is 9.98. The molecule has 120 heavy (non-hydrogen) atoms. The summed E-state index contributed by atoms with van der Waals surface area (Å²) in [6.07, 6.45) is 29.9. The third kappa shape index (κ3) is 23.5. The molecule has 0 spiro atoms. The van der Waals surface area contributed by atoms with Crippen molar-refractivity contribution in [3.8, 4) is 78.1 Å². The average Bonchev–Trinajstić information content (AvgIpc) is 0.828. The molecule has 1 fully saturated rings. The summed E-state index contributed by atoms with van der Waals surface area (Å²) in [4.78, 5) is 107. The van der Waals surface area contributed by atoms with Crippen molar-refractivity contribution in [2.75, 3.05) is 59.5 Å². The van der Waals surface area contributed by atoms with E-state index in [-0.39, 0.29) is 55.4 Å². The molecule has 12 heterocycles. The lowest BCUT2D eigenvalue weighted by Gasteiger charge is -2.35. The maximum atomic E-state index is 12.5. The van der Waals surface area contributed by atoms with Crippen molar-refractivity contribution in [3.63, 3.8) is 0 Å². The van der Waals surface area contributed by atoms with Crippen LogP contribution in [0, 0.1) is 27.7 Å². The van der Waals surface area contributed by atoms with Gasteiger partial charge in [0.15, 0.2) is 0 Å². The van der Waals surface area contributed by atoms with Crippen molar-refractivity contribution in [1.29, 1.82) is 0 Å². The summed E-state index contributed by atoms with van der Waals surface area (Å²) in [5.74, 6) is 1.61. The second-order valence-corrected chi connectivity index (χ2v) is 27.9. The number of carbonyl (C=O) groups excluding carboxylic acids is 5. The number of anilines is 5. The van der Waals surface area contributed by atoms with Crippen LogP contribution < -0.4 is 26.2 Å². The minimum absolute atomic E-state index is 0.105. The first-order valence-corrected chi connectivity index (χ1v) is 38.5. The van der Waals surface area contributed by atoms with Crippen molar-refractivity contribution < 1.29 is 28.7 Å². The van der Waals surface area contributed by atoms with Crippen molar-refractivity contribution in [2.24, 2.45) is 0 Å². The Morgan fingerprint density at radius 3 is 1.17 bits per heavy atom. The summed E-state index contributed by atoms with van der Waals surface area (Å²) in [5, 5.41) is 26.9. The number of rotatable bonds is 20.